The fourth-order valence-corrected chi connectivity index (χ4v) is 1.26. The van der Waals surface area contributed by atoms with Gasteiger partial charge in [0, 0.05) is 0 Å². The van der Waals surface area contributed by atoms with E-state index in [-0.39, 0.29) is 13.2 Å². The number of aliphatic carboxylic acids is 1. The molecule has 1 N–H and O–H groups in total. The highest BCUT2D eigenvalue weighted by atomic mass is 16.5. The van der Waals surface area contributed by atoms with Crippen LogP contribution in [0.2, 0.25) is 0 Å². The van der Waals surface area contributed by atoms with Gasteiger partial charge in [0.2, 0.25) is 0 Å². The van der Waals surface area contributed by atoms with E-state index in [1.807, 2.05) is 6.07 Å². The number of carboxylic acid groups (broad SMARTS) is 1. The van der Waals surface area contributed by atoms with Crippen molar-refractivity contribution in [3.63, 3.8) is 0 Å². The summed E-state index contributed by atoms with van der Waals surface area (Å²) >= 11 is 0. The maximum absolute atomic E-state index is 11.7. The molecular weight excluding hydrogens is 234 g/mol. The standard InChI is InChI=1S/C13H13NO4/c1-2-8-14(9-13(16)17)12(15)10-18-11-6-4-3-5-7-11/h1,3-7H,8-10H2,(H,16,17). The number of hydrogen-bond acceptors (Lipinski definition) is 3. The zero-order valence-corrected chi connectivity index (χ0v) is 9.70. The molecule has 5 nitrogen and oxygen atoms in total. The third-order valence-corrected chi connectivity index (χ3v) is 2.07. The Morgan fingerprint density at radius 1 is 1.33 bits per heavy atom. The van der Waals surface area contributed by atoms with E-state index < -0.39 is 18.4 Å². The van der Waals surface area contributed by atoms with Crippen molar-refractivity contribution in [3.05, 3.63) is 30.3 Å². The second-order valence-electron chi connectivity index (χ2n) is 3.45. The van der Waals surface area contributed by atoms with Crippen LogP contribution in [0.25, 0.3) is 0 Å². The Morgan fingerprint density at radius 3 is 2.56 bits per heavy atom. The van der Waals surface area contributed by atoms with Crippen molar-refractivity contribution < 1.29 is 19.4 Å². The van der Waals surface area contributed by atoms with Crippen molar-refractivity contribution in [1.29, 1.82) is 0 Å². The molecule has 1 aromatic rings. The van der Waals surface area contributed by atoms with Crippen LogP contribution in [0.15, 0.2) is 30.3 Å². The van der Waals surface area contributed by atoms with E-state index in [2.05, 4.69) is 5.92 Å². The molecular formula is C13H13NO4. The lowest BCUT2D eigenvalue weighted by molar-refractivity contribution is -0.144. The van der Waals surface area contributed by atoms with E-state index in [1.165, 1.54) is 0 Å². The van der Waals surface area contributed by atoms with Gasteiger partial charge in [-0.1, -0.05) is 24.1 Å². The number of para-hydroxylation sites is 1. The van der Waals surface area contributed by atoms with Crippen molar-refractivity contribution in [2.45, 2.75) is 0 Å². The second-order valence-corrected chi connectivity index (χ2v) is 3.45. The predicted octanol–water partition coefficient (Wildman–Crippen LogP) is 0.612. The molecule has 0 bridgehead atoms. The second kappa shape index (κ2) is 6.97. The highest BCUT2D eigenvalue weighted by Crippen LogP contribution is 2.08. The fraction of sp³-hybridized carbons (Fsp3) is 0.231. The number of carbonyl (C=O) groups is 2. The van der Waals surface area contributed by atoms with Gasteiger partial charge in [-0.3, -0.25) is 9.59 Å². The molecule has 1 aromatic carbocycles. The van der Waals surface area contributed by atoms with Crippen LogP contribution in [0.5, 0.6) is 5.75 Å². The molecule has 1 amide bonds. The summed E-state index contributed by atoms with van der Waals surface area (Å²) in [6.07, 6.45) is 5.07. The van der Waals surface area contributed by atoms with Crippen molar-refractivity contribution >= 4 is 11.9 Å². The fourth-order valence-electron chi connectivity index (χ4n) is 1.26. The molecule has 0 unspecified atom stereocenters. The number of ether oxygens (including phenoxy) is 1. The Balaban J connectivity index is 2.52. The molecule has 0 radical (unpaired) electrons. The lowest BCUT2D eigenvalue weighted by Gasteiger charge is -2.17. The first-order valence-corrected chi connectivity index (χ1v) is 5.24. The molecule has 5 heteroatoms. The summed E-state index contributed by atoms with van der Waals surface area (Å²) in [4.78, 5) is 23.3. The van der Waals surface area contributed by atoms with Gasteiger partial charge >= 0.3 is 5.97 Å². The van der Waals surface area contributed by atoms with E-state index in [4.69, 9.17) is 16.3 Å². The Bertz CT molecular complexity index is 450. The maximum atomic E-state index is 11.7. The van der Waals surface area contributed by atoms with Gasteiger partial charge in [0.1, 0.15) is 12.3 Å². The largest absolute Gasteiger partial charge is 0.484 e. The first kappa shape index (κ1) is 13.6. The Morgan fingerprint density at radius 2 is 2.00 bits per heavy atom. The van der Waals surface area contributed by atoms with Crippen LogP contribution in [-0.4, -0.2) is 41.6 Å². The summed E-state index contributed by atoms with van der Waals surface area (Å²) in [6, 6.07) is 8.78. The van der Waals surface area contributed by atoms with Gasteiger partial charge in [0.25, 0.3) is 5.91 Å². The van der Waals surface area contributed by atoms with Crippen LogP contribution >= 0.6 is 0 Å². The highest BCUT2D eigenvalue weighted by Gasteiger charge is 2.16. The summed E-state index contributed by atoms with van der Waals surface area (Å²) in [6.45, 7) is -0.719. The lowest BCUT2D eigenvalue weighted by Crippen LogP contribution is -2.38. The van der Waals surface area contributed by atoms with E-state index >= 15 is 0 Å². The molecule has 1 rings (SSSR count). The summed E-state index contributed by atoms with van der Waals surface area (Å²) in [5.41, 5.74) is 0. The molecule has 0 saturated heterocycles. The minimum atomic E-state index is -1.11. The molecule has 0 fully saturated rings. The Labute approximate surface area is 105 Å². The van der Waals surface area contributed by atoms with E-state index in [9.17, 15) is 9.59 Å². The van der Waals surface area contributed by atoms with Crippen molar-refractivity contribution in [2.24, 2.45) is 0 Å². The average molecular weight is 247 g/mol. The number of nitrogens with zero attached hydrogens (tertiary/aromatic N) is 1. The quantitative estimate of drug-likeness (QED) is 0.748. The molecule has 0 aromatic heterocycles. The number of benzene rings is 1. The number of carbonyl (C=O) groups excluding carboxylic acids is 1. The van der Waals surface area contributed by atoms with Crippen molar-refractivity contribution in [2.75, 3.05) is 19.7 Å². The van der Waals surface area contributed by atoms with Gasteiger partial charge < -0.3 is 14.7 Å². The topological polar surface area (TPSA) is 66.8 Å². The van der Waals surface area contributed by atoms with E-state index in [1.54, 1.807) is 24.3 Å². The minimum absolute atomic E-state index is 0.0523. The third kappa shape index (κ3) is 4.58. The lowest BCUT2D eigenvalue weighted by atomic mass is 10.3. The molecule has 0 aliphatic carbocycles. The molecule has 0 aliphatic rings. The predicted molar refractivity (Wildman–Crippen MR) is 65.0 cm³/mol. The summed E-state index contributed by atoms with van der Waals surface area (Å²) < 4.78 is 5.22. The van der Waals surface area contributed by atoms with Crippen molar-refractivity contribution in [3.8, 4) is 18.1 Å². The number of carboxylic acids is 1. The summed E-state index contributed by atoms with van der Waals surface area (Å²) in [7, 11) is 0. The third-order valence-electron chi connectivity index (χ3n) is 2.07. The number of amides is 1. The van der Waals surface area contributed by atoms with Crippen molar-refractivity contribution in [1.82, 2.24) is 4.90 Å². The first-order chi connectivity index (χ1) is 8.63. The van der Waals surface area contributed by atoms with E-state index in [0.717, 1.165) is 4.90 Å². The maximum Gasteiger partial charge on any atom is 0.323 e. The SMILES string of the molecule is C#CCN(CC(=O)O)C(=O)COc1ccccc1. The number of hydrogen-bond donors (Lipinski definition) is 1. The first-order valence-electron chi connectivity index (χ1n) is 5.24. The summed E-state index contributed by atoms with van der Waals surface area (Å²) in [5, 5.41) is 8.64. The molecule has 94 valence electrons. The molecule has 18 heavy (non-hydrogen) atoms. The van der Waals surface area contributed by atoms with Gasteiger partial charge in [-0.2, -0.15) is 0 Å². The molecule has 0 spiro atoms. The van der Waals surface area contributed by atoms with Gasteiger partial charge in [-0.25, -0.2) is 0 Å². The Hall–Kier alpha value is -2.48. The zero-order chi connectivity index (χ0) is 13.4. The van der Waals surface area contributed by atoms with Crippen LogP contribution in [0.4, 0.5) is 0 Å². The summed E-state index contributed by atoms with van der Waals surface area (Å²) in [5.74, 6) is 1.21. The van der Waals surface area contributed by atoms with Crippen LogP contribution in [0, 0.1) is 12.3 Å². The minimum Gasteiger partial charge on any atom is -0.484 e. The molecule has 0 atom stereocenters. The highest BCUT2D eigenvalue weighted by molar-refractivity contribution is 5.82. The molecule has 0 heterocycles. The van der Waals surface area contributed by atoms with Crippen LogP contribution < -0.4 is 4.74 Å². The molecule has 0 saturated carbocycles. The van der Waals surface area contributed by atoms with Crippen LogP contribution in [0.3, 0.4) is 0 Å². The van der Waals surface area contributed by atoms with Gasteiger partial charge in [-0.15, -0.1) is 6.42 Å². The zero-order valence-electron chi connectivity index (χ0n) is 9.70. The average Bonchev–Trinajstić information content (AvgIpc) is 2.36. The van der Waals surface area contributed by atoms with Crippen LogP contribution in [-0.2, 0) is 9.59 Å². The normalized spacial score (nSPS) is 9.28. The monoisotopic (exact) mass is 247 g/mol. The van der Waals surface area contributed by atoms with Gasteiger partial charge in [0.15, 0.2) is 6.61 Å². The van der Waals surface area contributed by atoms with Gasteiger partial charge in [0.05, 0.1) is 6.54 Å². The number of terminal acetylenes is 1. The number of rotatable bonds is 6. The van der Waals surface area contributed by atoms with Crippen LogP contribution in [0.1, 0.15) is 0 Å². The Kier molecular flexibility index (Phi) is 5.26. The van der Waals surface area contributed by atoms with Gasteiger partial charge in [-0.05, 0) is 12.1 Å². The smallest absolute Gasteiger partial charge is 0.323 e. The molecule has 0 aliphatic heterocycles. The van der Waals surface area contributed by atoms with E-state index in [0.29, 0.717) is 5.75 Å².